The summed E-state index contributed by atoms with van der Waals surface area (Å²) in [5.41, 5.74) is 1.12. The van der Waals surface area contributed by atoms with Crippen LogP contribution in [0, 0.1) is 11.8 Å². The fourth-order valence-electron chi connectivity index (χ4n) is 5.41. The molecule has 1 aromatic rings. The summed E-state index contributed by atoms with van der Waals surface area (Å²) in [7, 11) is 0. The van der Waals surface area contributed by atoms with E-state index in [1.807, 2.05) is 10.9 Å². The van der Waals surface area contributed by atoms with E-state index in [2.05, 4.69) is 33.2 Å². The van der Waals surface area contributed by atoms with Crippen LogP contribution in [0.3, 0.4) is 0 Å². The number of rotatable bonds is 5. The molecule has 9 heteroatoms. The topological polar surface area (TPSA) is 108 Å². The van der Waals surface area contributed by atoms with Gasteiger partial charge in [-0.2, -0.15) is 5.10 Å². The molecule has 2 amide bonds. The minimum absolute atomic E-state index is 0.0177. The number of piperidine rings is 3. The second kappa shape index (κ2) is 10.1. The molecule has 0 aliphatic carbocycles. The molecule has 30 heavy (non-hydrogen) atoms. The highest BCUT2D eigenvalue weighted by Crippen LogP contribution is 2.41. The standard InChI is InChI=1S/C20H31N5O2.CH2O2/c1-3-24-8-7-17(22-24)13-23-11-15-9-16(12-23)19(10-21-14(2)26)25-18(15)5-4-6-20(25)27;2-1-3/h7-8,15-16,18-19H,3-6,9-13H2,1-2H3,(H,21,26);1H,(H,2,3)/t15-,16+,18+,19+;/m1./s1. The summed E-state index contributed by atoms with van der Waals surface area (Å²) in [6.07, 6.45) is 5.96. The lowest BCUT2D eigenvalue weighted by Crippen LogP contribution is -2.66. The number of amides is 2. The van der Waals surface area contributed by atoms with Crippen molar-refractivity contribution in [3.8, 4) is 0 Å². The van der Waals surface area contributed by atoms with Gasteiger partial charge in [0.15, 0.2) is 0 Å². The molecule has 0 aromatic carbocycles. The molecule has 4 rings (SSSR count). The quantitative estimate of drug-likeness (QED) is 0.688. The molecule has 0 unspecified atom stereocenters. The molecule has 3 fully saturated rings. The van der Waals surface area contributed by atoms with E-state index < -0.39 is 0 Å². The molecule has 4 heterocycles. The smallest absolute Gasteiger partial charge is 0.290 e. The Hall–Kier alpha value is -2.42. The van der Waals surface area contributed by atoms with Crippen molar-refractivity contribution in [3.05, 3.63) is 18.0 Å². The predicted molar refractivity (Wildman–Crippen MR) is 110 cm³/mol. The maximum absolute atomic E-state index is 12.7. The van der Waals surface area contributed by atoms with Crippen LogP contribution in [0.1, 0.15) is 45.2 Å². The Morgan fingerprint density at radius 3 is 2.77 bits per heavy atom. The van der Waals surface area contributed by atoms with Gasteiger partial charge in [-0.05, 0) is 44.1 Å². The number of likely N-dealkylation sites (tertiary alicyclic amines) is 1. The number of carbonyl (C=O) groups is 3. The van der Waals surface area contributed by atoms with Crippen molar-refractivity contribution >= 4 is 18.3 Å². The van der Waals surface area contributed by atoms with E-state index in [1.54, 1.807) is 6.92 Å². The minimum Gasteiger partial charge on any atom is -0.483 e. The third kappa shape index (κ3) is 5.00. The highest BCUT2D eigenvalue weighted by atomic mass is 16.3. The van der Waals surface area contributed by atoms with Gasteiger partial charge in [0.2, 0.25) is 11.8 Å². The number of aryl methyl sites for hydroxylation is 1. The molecule has 3 aliphatic heterocycles. The maximum atomic E-state index is 12.7. The Kier molecular flexibility index (Phi) is 7.47. The van der Waals surface area contributed by atoms with Crippen LogP contribution in [-0.2, 0) is 27.5 Å². The average Bonchev–Trinajstić information content (AvgIpc) is 3.16. The number of hydrogen-bond acceptors (Lipinski definition) is 5. The van der Waals surface area contributed by atoms with Gasteiger partial charge in [-0.1, -0.05) is 0 Å². The molecule has 3 saturated heterocycles. The van der Waals surface area contributed by atoms with E-state index in [1.165, 1.54) is 6.42 Å². The Balaban J connectivity index is 0.000000806. The third-order valence-corrected chi connectivity index (χ3v) is 6.54. The van der Waals surface area contributed by atoms with Crippen molar-refractivity contribution in [1.29, 1.82) is 0 Å². The number of aromatic nitrogens is 2. The van der Waals surface area contributed by atoms with Crippen molar-refractivity contribution in [2.45, 2.75) is 64.7 Å². The largest absolute Gasteiger partial charge is 0.483 e. The van der Waals surface area contributed by atoms with Crippen LogP contribution in [0.2, 0.25) is 0 Å². The summed E-state index contributed by atoms with van der Waals surface area (Å²) in [6.45, 7) is 7.75. The highest BCUT2D eigenvalue weighted by molar-refractivity contribution is 5.78. The lowest BCUT2D eigenvalue weighted by Gasteiger charge is -2.56. The summed E-state index contributed by atoms with van der Waals surface area (Å²) in [4.78, 5) is 37.2. The van der Waals surface area contributed by atoms with Gasteiger partial charge >= 0.3 is 0 Å². The molecule has 0 saturated carbocycles. The second-order valence-corrected chi connectivity index (χ2v) is 8.48. The number of carbonyl (C=O) groups excluding carboxylic acids is 2. The first-order chi connectivity index (χ1) is 14.5. The first-order valence-electron chi connectivity index (χ1n) is 10.8. The first-order valence-corrected chi connectivity index (χ1v) is 10.8. The lowest BCUT2D eigenvalue weighted by atomic mass is 9.72. The molecule has 1 aromatic heterocycles. The zero-order valence-corrected chi connectivity index (χ0v) is 17.9. The maximum Gasteiger partial charge on any atom is 0.290 e. The van der Waals surface area contributed by atoms with Crippen LogP contribution >= 0.6 is 0 Å². The van der Waals surface area contributed by atoms with E-state index in [-0.39, 0.29) is 24.3 Å². The number of fused-ring (bicyclic) bond motifs is 4. The molecular weight excluding hydrogens is 386 g/mol. The Bertz CT molecular complexity index is 752. The molecule has 0 spiro atoms. The molecule has 2 bridgehead atoms. The van der Waals surface area contributed by atoms with Gasteiger partial charge in [0.05, 0.1) is 11.7 Å². The van der Waals surface area contributed by atoms with E-state index in [9.17, 15) is 9.59 Å². The van der Waals surface area contributed by atoms with Gasteiger partial charge in [-0.15, -0.1) is 0 Å². The number of hydrogen-bond donors (Lipinski definition) is 2. The van der Waals surface area contributed by atoms with Gasteiger partial charge in [0, 0.05) is 58.3 Å². The predicted octanol–water partition coefficient (Wildman–Crippen LogP) is 0.941. The molecule has 3 aliphatic rings. The fraction of sp³-hybridized carbons (Fsp3) is 0.714. The van der Waals surface area contributed by atoms with Crippen LogP contribution in [0.4, 0.5) is 0 Å². The summed E-state index contributed by atoms with van der Waals surface area (Å²) in [6, 6.07) is 2.57. The van der Waals surface area contributed by atoms with E-state index in [0.29, 0.717) is 30.8 Å². The van der Waals surface area contributed by atoms with Gasteiger partial charge < -0.3 is 15.3 Å². The summed E-state index contributed by atoms with van der Waals surface area (Å²) in [5.74, 6) is 1.22. The average molecular weight is 420 g/mol. The van der Waals surface area contributed by atoms with E-state index in [4.69, 9.17) is 9.90 Å². The summed E-state index contributed by atoms with van der Waals surface area (Å²) in [5, 5.41) is 14.5. The normalized spacial score (nSPS) is 28.2. The van der Waals surface area contributed by atoms with Gasteiger partial charge in [0.25, 0.3) is 6.47 Å². The SMILES string of the molecule is CCn1ccc(CN2C[C@H]3C[C@@H](C2)[C@H](CNC(C)=O)N2C(=O)CCC[C@@H]32)n1.O=CO. The van der Waals surface area contributed by atoms with Crippen molar-refractivity contribution < 1.29 is 19.5 Å². The monoisotopic (exact) mass is 419 g/mol. The molecule has 166 valence electrons. The second-order valence-electron chi connectivity index (χ2n) is 8.48. The Labute approximate surface area is 177 Å². The zero-order chi connectivity index (χ0) is 21.7. The third-order valence-electron chi connectivity index (χ3n) is 6.54. The van der Waals surface area contributed by atoms with Crippen molar-refractivity contribution in [2.24, 2.45) is 11.8 Å². The van der Waals surface area contributed by atoms with E-state index >= 15 is 0 Å². The molecule has 9 nitrogen and oxygen atoms in total. The minimum atomic E-state index is -0.250. The summed E-state index contributed by atoms with van der Waals surface area (Å²) < 4.78 is 1.97. The zero-order valence-electron chi connectivity index (χ0n) is 17.9. The van der Waals surface area contributed by atoms with Crippen LogP contribution in [0.5, 0.6) is 0 Å². The number of nitrogens with one attached hydrogen (secondary N) is 1. The van der Waals surface area contributed by atoms with Crippen LogP contribution in [-0.4, -0.2) is 74.7 Å². The molecule has 2 N–H and O–H groups in total. The van der Waals surface area contributed by atoms with Crippen molar-refractivity contribution in [1.82, 2.24) is 24.9 Å². The van der Waals surface area contributed by atoms with Crippen molar-refractivity contribution in [3.63, 3.8) is 0 Å². The molecular formula is C21H33N5O4. The highest BCUT2D eigenvalue weighted by Gasteiger charge is 2.49. The Morgan fingerprint density at radius 1 is 1.37 bits per heavy atom. The Morgan fingerprint density at radius 2 is 2.10 bits per heavy atom. The summed E-state index contributed by atoms with van der Waals surface area (Å²) >= 11 is 0. The van der Waals surface area contributed by atoms with Gasteiger partial charge in [0.1, 0.15) is 0 Å². The number of nitrogens with zero attached hydrogens (tertiary/aromatic N) is 4. The van der Waals surface area contributed by atoms with Crippen molar-refractivity contribution in [2.75, 3.05) is 19.6 Å². The van der Waals surface area contributed by atoms with Crippen LogP contribution in [0.15, 0.2) is 12.3 Å². The van der Waals surface area contributed by atoms with Gasteiger partial charge in [-0.25, -0.2) is 0 Å². The van der Waals surface area contributed by atoms with Gasteiger partial charge in [-0.3, -0.25) is 24.0 Å². The molecule has 4 atom stereocenters. The molecule has 0 radical (unpaired) electrons. The fourth-order valence-corrected chi connectivity index (χ4v) is 5.41. The number of carboxylic acid groups (broad SMARTS) is 1. The lowest BCUT2D eigenvalue weighted by molar-refractivity contribution is -0.153. The van der Waals surface area contributed by atoms with Crippen LogP contribution in [0.25, 0.3) is 0 Å². The van der Waals surface area contributed by atoms with E-state index in [0.717, 1.165) is 44.7 Å². The first kappa shape index (κ1) is 22.3. The van der Waals surface area contributed by atoms with Crippen LogP contribution < -0.4 is 5.32 Å².